The predicted octanol–water partition coefficient (Wildman–Crippen LogP) is 3.11. The SMILES string of the molecule is CN(C(C)(C)C(=O)CC1C2CC3CC1CC(C(N)=O)(C3)C2)S(=O)(=O)c1ccccc1F. The topological polar surface area (TPSA) is 97.5 Å². The second-order valence-electron chi connectivity index (χ2n) is 10.4. The number of nitrogens with two attached hydrogens (primary N) is 1. The summed E-state index contributed by atoms with van der Waals surface area (Å²) in [6.07, 6.45) is 4.61. The fourth-order valence-corrected chi connectivity index (χ4v) is 8.07. The first-order valence-electron chi connectivity index (χ1n) is 11.0. The monoisotopic (exact) mass is 450 g/mol. The average Bonchev–Trinajstić information content (AvgIpc) is 2.69. The van der Waals surface area contributed by atoms with Crippen LogP contribution in [0.5, 0.6) is 0 Å². The normalized spacial score (nSPS) is 32.4. The molecule has 0 radical (unpaired) electrons. The molecule has 2 atom stereocenters. The molecule has 1 aromatic carbocycles. The number of Topliss-reactive ketones (excluding diaryl/α,β-unsaturated/α-hetero) is 1. The first-order chi connectivity index (χ1) is 14.4. The Morgan fingerprint density at radius 2 is 1.74 bits per heavy atom. The molecule has 6 nitrogen and oxygen atoms in total. The molecule has 0 aromatic heterocycles. The van der Waals surface area contributed by atoms with Crippen LogP contribution in [0, 0.1) is 34.9 Å². The average molecular weight is 451 g/mol. The van der Waals surface area contributed by atoms with E-state index in [2.05, 4.69) is 0 Å². The highest BCUT2D eigenvalue weighted by molar-refractivity contribution is 7.89. The van der Waals surface area contributed by atoms with E-state index in [9.17, 15) is 22.4 Å². The van der Waals surface area contributed by atoms with Crippen LogP contribution >= 0.6 is 0 Å². The maximum absolute atomic E-state index is 14.2. The number of primary amides is 1. The molecule has 1 aromatic rings. The third kappa shape index (κ3) is 3.52. The van der Waals surface area contributed by atoms with Gasteiger partial charge >= 0.3 is 0 Å². The van der Waals surface area contributed by atoms with E-state index in [1.54, 1.807) is 13.8 Å². The number of benzene rings is 1. The predicted molar refractivity (Wildman–Crippen MR) is 114 cm³/mol. The van der Waals surface area contributed by atoms with E-state index in [0.29, 0.717) is 5.92 Å². The van der Waals surface area contributed by atoms with Crippen LogP contribution in [0.2, 0.25) is 0 Å². The molecule has 4 fully saturated rings. The molecular formula is C23H31FN2O4S. The van der Waals surface area contributed by atoms with Gasteiger partial charge in [-0.2, -0.15) is 4.31 Å². The number of hydrogen-bond donors (Lipinski definition) is 1. The van der Waals surface area contributed by atoms with Crippen molar-refractivity contribution in [3.05, 3.63) is 30.1 Å². The van der Waals surface area contributed by atoms with Crippen LogP contribution in [0.15, 0.2) is 29.2 Å². The van der Waals surface area contributed by atoms with E-state index >= 15 is 0 Å². The van der Waals surface area contributed by atoms with Crippen molar-refractivity contribution >= 4 is 21.7 Å². The summed E-state index contributed by atoms with van der Waals surface area (Å²) in [4.78, 5) is 25.1. The van der Waals surface area contributed by atoms with Crippen LogP contribution in [0.3, 0.4) is 0 Å². The molecule has 2 N–H and O–H groups in total. The molecule has 4 saturated carbocycles. The van der Waals surface area contributed by atoms with Gasteiger partial charge in [0.1, 0.15) is 10.7 Å². The Labute approximate surface area is 183 Å². The van der Waals surface area contributed by atoms with Crippen molar-refractivity contribution in [2.75, 3.05) is 7.05 Å². The second kappa shape index (κ2) is 7.37. The number of carbonyl (C=O) groups excluding carboxylic acids is 2. The molecule has 5 rings (SSSR count). The zero-order chi connectivity index (χ0) is 22.8. The molecule has 8 heteroatoms. The largest absolute Gasteiger partial charge is 0.369 e. The van der Waals surface area contributed by atoms with E-state index < -0.39 is 31.7 Å². The number of sulfonamides is 1. The van der Waals surface area contributed by atoms with Crippen molar-refractivity contribution in [2.45, 2.75) is 62.8 Å². The highest BCUT2D eigenvalue weighted by atomic mass is 32.2. The minimum Gasteiger partial charge on any atom is -0.369 e. The molecule has 0 spiro atoms. The molecule has 2 unspecified atom stereocenters. The summed E-state index contributed by atoms with van der Waals surface area (Å²) < 4.78 is 41.2. The summed E-state index contributed by atoms with van der Waals surface area (Å²) in [5, 5.41) is 0. The third-order valence-electron chi connectivity index (χ3n) is 8.36. The van der Waals surface area contributed by atoms with Crippen LogP contribution in [0.4, 0.5) is 4.39 Å². The second-order valence-corrected chi connectivity index (χ2v) is 12.3. The first-order valence-corrected chi connectivity index (χ1v) is 12.4. The minimum absolute atomic E-state index is 0.139. The maximum Gasteiger partial charge on any atom is 0.246 e. The van der Waals surface area contributed by atoms with E-state index in [4.69, 9.17) is 5.73 Å². The molecule has 4 bridgehead atoms. The summed E-state index contributed by atoms with van der Waals surface area (Å²) in [6, 6.07) is 5.19. The molecule has 1 amide bonds. The Bertz CT molecular complexity index is 1010. The number of halogens is 1. The summed E-state index contributed by atoms with van der Waals surface area (Å²) in [5.41, 5.74) is 4.01. The van der Waals surface area contributed by atoms with Gasteiger partial charge in [-0.3, -0.25) is 9.59 Å². The van der Waals surface area contributed by atoms with Gasteiger partial charge in [0.2, 0.25) is 15.9 Å². The quantitative estimate of drug-likeness (QED) is 0.690. The van der Waals surface area contributed by atoms with Crippen molar-refractivity contribution in [1.29, 1.82) is 0 Å². The van der Waals surface area contributed by atoms with E-state index in [-0.39, 0.29) is 35.9 Å². The number of hydrogen-bond acceptors (Lipinski definition) is 4. The van der Waals surface area contributed by atoms with Gasteiger partial charge in [-0.05, 0) is 81.8 Å². The number of carbonyl (C=O) groups is 2. The lowest BCUT2D eigenvalue weighted by atomic mass is 9.45. The van der Waals surface area contributed by atoms with Crippen LogP contribution in [-0.4, -0.2) is 37.0 Å². The summed E-state index contributed by atoms with van der Waals surface area (Å²) in [7, 11) is -2.85. The Balaban J connectivity index is 1.53. The zero-order valence-electron chi connectivity index (χ0n) is 18.3. The van der Waals surface area contributed by atoms with Gasteiger partial charge in [0.25, 0.3) is 0 Å². The van der Waals surface area contributed by atoms with Crippen molar-refractivity contribution < 1.29 is 22.4 Å². The molecule has 0 aliphatic heterocycles. The smallest absolute Gasteiger partial charge is 0.246 e. The van der Waals surface area contributed by atoms with Gasteiger partial charge < -0.3 is 5.73 Å². The first kappa shape index (κ1) is 22.4. The van der Waals surface area contributed by atoms with Gasteiger partial charge in [-0.1, -0.05) is 12.1 Å². The van der Waals surface area contributed by atoms with Gasteiger partial charge in [0.15, 0.2) is 5.78 Å². The van der Waals surface area contributed by atoms with Gasteiger partial charge in [-0.25, -0.2) is 12.8 Å². The van der Waals surface area contributed by atoms with E-state index in [1.165, 1.54) is 25.2 Å². The standard InChI is InChI=1S/C23H31FN2O4S/c1-22(2,26(3)31(29,30)19-7-5-4-6-18(19)24)20(27)10-17-15-8-14-9-16(17)13-23(11-14,12-15)21(25)28/h4-7,14-17H,8-13H2,1-3H3,(H2,25,28). The molecule has 170 valence electrons. The maximum atomic E-state index is 14.2. The van der Waals surface area contributed by atoms with Crippen LogP contribution in [0.1, 0.15) is 52.4 Å². The van der Waals surface area contributed by atoms with Crippen LogP contribution in [0.25, 0.3) is 0 Å². The van der Waals surface area contributed by atoms with E-state index in [1.807, 2.05) is 0 Å². The molecule has 0 saturated heterocycles. The Morgan fingerprint density at radius 3 is 2.29 bits per heavy atom. The lowest BCUT2D eigenvalue weighted by Crippen LogP contribution is -2.57. The highest BCUT2D eigenvalue weighted by Crippen LogP contribution is 2.63. The zero-order valence-corrected chi connectivity index (χ0v) is 19.1. The lowest BCUT2D eigenvalue weighted by molar-refractivity contribution is -0.152. The third-order valence-corrected chi connectivity index (χ3v) is 10.4. The number of ketones is 1. The minimum atomic E-state index is -4.18. The summed E-state index contributed by atoms with van der Waals surface area (Å²) in [6.45, 7) is 3.16. The molecule has 31 heavy (non-hydrogen) atoms. The number of amides is 1. The number of rotatable bonds is 7. The lowest BCUT2D eigenvalue weighted by Gasteiger charge is -2.59. The molecule has 4 aliphatic carbocycles. The van der Waals surface area contributed by atoms with Gasteiger partial charge in [0, 0.05) is 18.9 Å². The van der Waals surface area contributed by atoms with Crippen LogP contribution < -0.4 is 5.73 Å². The van der Waals surface area contributed by atoms with Crippen molar-refractivity contribution in [2.24, 2.45) is 34.8 Å². The fourth-order valence-electron chi connectivity index (χ4n) is 6.51. The fraction of sp³-hybridized carbons (Fsp3) is 0.652. The summed E-state index contributed by atoms with van der Waals surface area (Å²) >= 11 is 0. The Kier molecular flexibility index (Phi) is 5.33. The van der Waals surface area contributed by atoms with E-state index in [0.717, 1.165) is 42.5 Å². The van der Waals surface area contributed by atoms with Crippen molar-refractivity contribution in [1.82, 2.24) is 4.31 Å². The highest BCUT2D eigenvalue weighted by Gasteiger charge is 2.58. The van der Waals surface area contributed by atoms with Gasteiger partial charge in [-0.15, -0.1) is 0 Å². The van der Waals surface area contributed by atoms with Crippen LogP contribution in [-0.2, 0) is 19.6 Å². The number of likely N-dealkylation sites (N-methyl/N-ethyl adjacent to an activating group) is 1. The number of nitrogens with zero attached hydrogens (tertiary/aromatic N) is 1. The summed E-state index contributed by atoms with van der Waals surface area (Å²) in [5.74, 6) is -0.0589. The molecule has 4 aliphatic rings. The Morgan fingerprint density at radius 1 is 1.16 bits per heavy atom. The van der Waals surface area contributed by atoms with Gasteiger partial charge in [0.05, 0.1) is 5.54 Å². The molecular weight excluding hydrogens is 419 g/mol. The Hall–Kier alpha value is -1.80. The van der Waals surface area contributed by atoms with Crippen molar-refractivity contribution in [3.8, 4) is 0 Å². The molecule has 0 heterocycles. The van der Waals surface area contributed by atoms with Crippen molar-refractivity contribution in [3.63, 3.8) is 0 Å².